The summed E-state index contributed by atoms with van der Waals surface area (Å²) in [6.45, 7) is 2.85. The fourth-order valence-electron chi connectivity index (χ4n) is 2.96. The van der Waals surface area contributed by atoms with Crippen LogP contribution in [-0.2, 0) is 9.59 Å². The summed E-state index contributed by atoms with van der Waals surface area (Å²) in [5.74, 6) is -1.41. The minimum absolute atomic E-state index is 0.176. The van der Waals surface area contributed by atoms with Crippen molar-refractivity contribution < 1.29 is 14.7 Å². The van der Waals surface area contributed by atoms with Crippen LogP contribution in [0.15, 0.2) is 23.6 Å². The number of aliphatic carboxylic acids is 1. The first kappa shape index (κ1) is 19.9. The number of anilines is 1. The van der Waals surface area contributed by atoms with Gasteiger partial charge in [-0.05, 0) is 25.8 Å². The van der Waals surface area contributed by atoms with Crippen molar-refractivity contribution in [3.63, 3.8) is 0 Å². The van der Waals surface area contributed by atoms with Crippen LogP contribution in [0.5, 0.6) is 0 Å². The predicted molar refractivity (Wildman–Crippen MR) is 108 cm³/mol. The largest absolute Gasteiger partial charge is 0.480 e. The standard InChI is InChI=1S/C18H19Cl2N3O3S/c1-10(17(25)26)21-16(24)11-5-7-23(8-6-11)18-22-14(9-27-18)12-3-2-4-13(19)15(12)20/h2-4,9-11H,5-8H2,1H3,(H,21,24)(H,25,26)/t10-/m0/s1. The quantitative estimate of drug-likeness (QED) is 0.755. The average molecular weight is 428 g/mol. The molecule has 1 amide bonds. The maximum absolute atomic E-state index is 12.2. The van der Waals surface area contributed by atoms with Crippen LogP contribution in [0.4, 0.5) is 5.13 Å². The van der Waals surface area contributed by atoms with E-state index in [2.05, 4.69) is 15.2 Å². The van der Waals surface area contributed by atoms with Crippen LogP contribution in [0.3, 0.4) is 0 Å². The number of benzene rings is 1. The molecule has 0 bridgehead atoms. The van der Waals surface area contributed by atoms with Crippen LogP contribution < -0.4 is 10.2 Å². The number of hydrogen-bond donors (Lipinski definition) is 2. The van der Waals surface area contributed by atoms with Gasteiger partial charge in [-0.1, -0.05) is 35.3 Å². The second-order valence-corrected chi connectivity index (χ2v) is 8.07. The summed E-state index contributed by atoms with van der Waals surface area (Å²) >= 11 is 13.9. The Hall–Kier alpha value is -1.83. The van der Waals surface area contributed by atoms with Crippen molar-refractivity contribution in [2.24, 2.45) is 5.92 Å². The molecular formula is C18H19Cl2N3O3S. The number of carboxylic acid groups (broad SMARTS) is 1. The minimum Gasteiger partial charge on any atom is -0.480 e. The van der Waals surface area contributed by atoms with Gasteiger partial charge in [0.1, 0.15) is 6.04 Å². The van der Waals surface area contributed by atoms with Crippen molar-refractivity contribution in [1.29, 1.82) is 0 Å². The molecule has 0 aliphatic carbocycles. The molecule has 0 saturated carbocycles. The van der Waals surface area contributed by atoms with Crippen LogP contribution in [0, 0.1) is 5.92 Å². The molecule has 1 saturated heterocycles. The molecule has 1 aliphatic rings. The number of hydrogen-bond acceptors (Lipinski definition) is 5. The van der Waals surface area contributed by atoms with E-state index < -0.39 is 12.0 Å². The molecule has 1 fully saturated rings. The molecule has 0 radical (unpaired) electrons. The second-order valence-electron chi connectivity index (χ2n) is 6.45. The number of carboxylic acids is 1. The number of rotatable bonds is 5. The molecule has 1 atom stereocenters. The fraction of sp³-hybridized carbons (Fsp3) is 0.389. The van der Waals surface area contributed by atoms with Crippen LogP contribution in [0.1, 0.15) is 19.8 Å². The van der Waals surface area contributed by atoms with E-state index in [9.17, 15) is 9.59 Å². The molecule has 3 rings (SSSR count). The summed E-state index contributed by atoms with van der Waals surface area (Å²) < 4.78 is 0. The lowest BCUT2D eigenvalue weighted by Gasteiger charge is -2.31. The van der Waals surface area contributed by atoms with E-state index >= 15 is 0 Å². The lowest BCUT2D eigenvalue weighted by Crippen LogP contribution is -2.45. The first-order valence-electron chi connectivity index (χ1n) is 8.55. The van der Waals surface area contributed by atoms with Gasteiger partial charge in [0, 0.05) is 30.0 Å². The first-order chi connectivity index (χ1) is 12.9. The summed E-state index contributed by atoms with van der Waals surface area (Å²) in [5, 5.41) is 15.2. The highest BCUT2D eigenvalue weighted by molar-refractivity contribution is 7.14. The Labute approximate surface area is 171 Å². The van der Waals surface area contributed by atoms with Crippen molar-refractivity contribution in [1.82, 2.24) is 10.3 Å². The number of carbonyl (C=O) groups is 2. The third-order valence-electron chi connectivity index (χ3n) is 4.59. The van der Waals surface area contributed by atoms with Gasteiger partial charge in [0.05, 0.1) is 15.7 Å². The molecule has 6 nitrogen and oxygen atoms in total. The molecule has 1 aromatic carbocycles. The molecule has 9 heteroatoms. The van der Waals surface area contributed by atoms with Crippen LogP contribution >= 0.6 is 34.5 Å². The first-order valence-corrected chi connectivity index (χ1v) is 10.2. The number of thiazole rings is 1. The number of aromatic nitrogens is 1. The molecule has 27 heavy (non-hydrogen) atoms. The third-order valence-corrected chi connectivity index (χ3v) is 6.31. The number of halogens is 2. The van der Waals surface area contributed by atoms with E-state index in [0.29, 0.717) is 36.0 Å². The number of piperidine rings is 1. The molecule has 0 unspecified atom stereocenters. The summed E-state index contributed by atoms with van der Waals surface area (Å²) in [7, 11) is 0. The zero-order valence-corrected chi connectivity index (χ0v) is 16.9. The van der Waals surface area contributed by atoms with E-state index in [0.717, 1.165) is 16.4 Å². The molecule has 2 heterocycles. The molecule has 1 aliphatic heterocycles. The van der Waals surface area contributed by atoms with E-state index in [1.807, 2.05) is 17.5 Å². The number of nitrogens with zero attached hydrogens (tertiary/aromatic N) is 2. The zero-order valence-electron chi connectivity index (χ0n) is 14.6. The third kappa shape index (κ3) is 4.54. The Kier molecular flexibility index (Phi) is 6.24. The minimum atomic E-state index is -1.03. The Morgan fingerprint density at radius 3 is 2.70 bits per heavy atom. The maximum Gasteiger partial charge on any atom is 0.325 e. The summed E-state index contributed by atoms with van der Waals surface area (Å²) in [4.78, 5) is 29.9. The van der Waals surface area contributed by atoms with Crippen molar-refractivity contribution in [3.8, 4) is 11.3 Å². The Bertz CT molecular complexity index is 850. The Morgan fingerprint density at radius 2 is 2.04 bits per heavy atom. The summed E-state index contributed by atoms with van der Waals surface area (Å²) in [5.41, 5.74) is 1.57. The van der Waals surface area contributed by atoms with Crippen molar-refractivity contribution in [2.75, 3.05) is 18.0 Å². The topological polar surface area (TPSA) is 82.5 Å². The average Bonchev–Trinajstić information content (AvgIpc) is 3.13. The molecule has 2 aromatic rings. The number of nitrogens with one attached hydrogen (secondary N) is 1. The lowest BCUT2D eigenvalue weighted by atomic mass is 9.96. The molecule has 0 spiro atoms. The van der Waals surface area contributed by atoms with Gasteiger partial charge in [-0.15, -0.1) is 11.3 Å². The molecule has 1 aromatic heterocycles. The maximum atomic E-state index is 12.2. The van der Waals surface area contributed by atoms with E-state index in [1.165, 1.54) is 18.3 Å². The Balaban J connectivity index is 1.62. The van der Waals surface area contributed by atoms with Crippen LogP contribution in [0.2, 0.25) is 10.0 Å². The highest BCUT2D eigenvalue weighted by atomic mass is 35.5. The van der Waals surface area contributed by atoms with Crippen molar-refractivity contribution >= 4 is 51.5 Å². The van der Waals surface area contributed by atoms with Crippen LogP contribution in [0.25, 0.3) is 11.3 Å². The highest BCUT2D eigenvalue weighted by Crippen LogP contribution is 2.36. The van der Waals surface area contributed by atoms with Gasteiger partial charge in [-0.3, -0.25) is 9.59 Å². The summed E-state index contributed by atoms with van der Waals surface area (Å²) in [6, 6.07) is 4.58. The predicted octanol–water partition coefficient (Wildman–Crippen LogP) is 3.92. The van der Waals surface area contributed by atoms with Gasteiger partial charge in [0.15, 0.2) is 5.13 Å². The Morgan fingerprint density at radius 1 is 1.33 bits per heavy atom. The monoisotopic (exact) mass is 427 g/mol. The van der Waals surface area contributed by atoms with E-state index in [-0.39, 0.29) is 11.8 Å². The zero-order chi connectivity index (χ0) is 19.6. The SMILES string of the molecule is C[C@H](NC(=O)C1CCN(c2nc(-c3cccc(Cl)c3Cl)cs2)CC1)C(=O)O. The number of amides is 1. The fourth-order valence-corrected chi connectivity index (χ4v) is 4.24. The molecule has 144 valence electrons. The molecular weight excluding hydrogens is 409 g/mol. The number of carbonyl (C=O) groups excluding carboxylic acids is 1. The van der Waals surface area contributed by atoms with Gasteiger partial charge in [0.2, 0.25) is 5.91 Å². The second kappa shape index (κ2) is 8.46. The lowest BCUT2D eigenvalue weighted by molar-refractivity contribution is -0.142. The van der Waals surface area contributed by atoms with Crippen molar-refractivity contribution in [2.45, 2.75) is 25.8 Å². The van der Waals surface area contributed by atoms with Gasteiger partial charge in [-0.2, -0.15) is 0 Å². The van der Waals surface area contributed by atoms with Crippen LogP contribution in [-0.4, -0.2) is 41.1 Å². The normalized spacial score (nSPS) is 16.2. The van der Waals surface area contributed by atoms with E-state index in [4.69, 9.17) is 28.3 Å². The van der Waals surface area contributed by atoms with Crippen molar-refractivity contribution in [3.05, 3.63) is 33.6 Å². The van der Waals surface area contributed by atoms with Gasteiger partial charge in [0.25, 0.3) is 0 Å². The highest BCUT2D eigenvalue weighted by Gasteiger charge is 2.28. The smallest absolute Gasteiger partial charge is 0.325 e. The summed E-state index contributed by atoms with van der Waals surface area (Å²) in [6.07, 6.45) is 1.32. The van der Waals surface area contributed by atoms with E-state index in [1.54, 1.807) is 6.07 Å². The van der Waals surface area contributed by atoms with Gasteiger partial charge >= 0.3 is 5.97 Å². The van der Waals surface area contributed by atoms with Gasteiger partial charge in [-0.25, -0.2) is 4.98 Å². The van der Waals surface area contributed by atoms with Gasteiger partial charge < -0.3 is 15.3 Å². The molecule has 2 N–H and O–H groups in total.